The molecule has 0 radical (unpaired) electrons. The van der Waals surface area contributed by atoms with Crippen molar-refractivity contribution in [3.8, 4) is 11.1 Å². The Balaban J connectivity index is 1.60. The van der Waals surface area contributed by atoms with Crippen LogP contribution in [-0.4, -0.2) is 41.5 Å². The Hall–Kier alpha value is -3.46. The van der Waals surface area contributed by atoms with Gasteiger partial charge >= 0.3 is 0 Å². The highest BCUT2D eigenvalue weighted by atomic mass is 32.2. The van der Waals surface area contributed by atoms with E-state index in [0.717, 1.165) is 39.0 Å². The summed E-state index contributed by atoms with van der Waals surface area (Å²) in [5, 5.41) is 12.0. The van der Waals surface area contributed by atoms with Gasteiger partial charge in [-0.15, -0.1) is 0 Å². The molecule has 2 aromatic carbocycles. The summed E-state index contributed by atoms with van der Waals surface area (Å²) in [5.74, 6) is 1.15. The average Bonchev–Trinajstić information content (AvgIpc) is 3.01. The monoisotopic (exact) mass is 436 g/mol. The van der Waals surface area contributed by atoms with E-state index in [0.29, 0.717) is 11.8 Å². The first kappa shape index (κ1) is 20.8. The van der Waals surface area contributed by atoms with Crippen LogP contribution < -0.4 is 10.6 Å². The standard InChI is InChI=1S/C22H24N6O2S/c1-14-18-10-7-16(11-20(18)27-28(14)3)19-12-24-22(26-21(19)23-2)25-17-8-5-15(6-9-17)13-31(4,29)30/h5-12H,13H2,1-4H3,(H2,23,24,25,26). The van der Waals surface area contributed by atoms with Crippen LogP contribution in [0.1, 0.15) is 11.3 Å². The molecule has 0 amide bonds. The first-order valence-electron chi connectivity index (χ1n) is 9.76. The van der Waals surface area contributed by atoms with E-state index in [4.69, 9.17) is 0 Å². The number of sulfone groups is 1. The second-order valence-corrected chi connectivity index (χ2v) is 9.68. The third kappa shape index (κ3) is 4.51. The van der Waals surface area contributed by atoms with E-state index in [9.17, 15) is 8.42 Å². The van der Waals surface area contributed by atoms with Crippen molar-refractivity contribution >= 4 is 38.2 Å². The summed E-state index contributed by atoms with van der Waals surface area (Å²) in [5.41, 5.74) is 5.41. The third-order valence-corrected chi connectivity index (χ3v) is 5.96. The van der Waals surface area contributed by atoms with Crippen LogP contribution in [0.5, 0.6) is 0 Å². The number of aryl methyl sites for hydroxylation is 2. The van der Waals surface area contributed by atoms with Crippen molar-refractivity contribution in [1.29, 1.82) is 0 Å². The predicted molar refractivity (Wildman–Crippen MR) is 124 cm³/mol. The fourth-order valence-electron chi connectivity index (χ4n) is 3.46. The zero-order chi connectivity index (χ0) is 22.2. The molecular formula is C22H24N6O2S. The van der Waals surface area contributed by atoms with E-state index in [1.54, 1.807) is 18.3 Å². The Bertz CT molecular complexity index is 1360. The van der Waals surface area contributed by atoms with Gasteiger partial charge in [0.05, 0.1) is 11.3 Å². The van der Waals surface area contributed by atoms with E-state index in [2.05, 4.69) is 31.8 Å². The lowest BCUT2D eigenvalue weighted by Gasteiger charge is -2.11. The van der Waals surface area contributed by atoms with Crippen LogP contribution in [0.2, 0.25) is 0 Å². The highest BCUT2D eigenvalue weighted by molar-refractivity contribution is 7.89. The van der Waals surface area contributed by atoms with Crippen molar-refractivity contribution in [2.75, 3.05) is 23.9 Å². The molecule has 2 aromatic heterocycles. The molecule has 2 N–H and O–H groups in total. The summed E-state index contributed by atoms with van der Waals surface area (Å²) >= 11 is 0. The SMILES string of the molecule is CNc1nc(Nc2ccc(CS(C)(=O)=O)cc2)ncc1-c1ccc2c(C)n(C)nc2c1. The molecule has 4 aromatic rings. The average molecular weight is 437 g/mol. The van der Waals surface area contributed by atoms with Crippen molar-refractivity contribution in [1.82, 2.24) is 19.7 Å². The Labute approximate surface area is 181 Å². The Morgan fingerprint density at radius 2 is 1.84 bits per heavy atom. The fraction of sp³-hybridized carbons (Fsp3) is 0.227. The number of aromatic nitrogens is 4. The minimum Gasteiger partial charge on any atom is -0.372 e. The van der Waals surface area contributed by atoms with Crippen LogP contribution >= 0.6 is 0 Å². The summed E-state index contributed by atoms with van der Waals surface area (Å²) in [4.78, 5) is 9.05. The third-order valence-electron chi connectivity index (χ3n) is 5.11. The molecule has 0 saturated heterocycles. The lowest BCUT2D eigenvalue weighted by molar-refractivity contribution is 0.601. The lowest BCUT2D eigenvalue weighted by atomic mass is 10.1. The van der Waals surface area contributed by atoms with Gasteiger partial charge in [-0.1, -0.05) is 24.3 Å². The zero-order valence-electron chi connectivity index (χ0n) is 17.8. The molecule has 0 atom stereocenters. The van der Waals surface area contributed by atoms with Crippen molar-refractivity contribution in [2.45, 2.75) is 12.7 Å². The topological polar surface area (TPSA) is 102 Å². The molecule has 0 aliphatic rings. The minimum absolute atomic E-state index is 0.0164. The van der Waals surface area contributed by atoms with Gasteiger partial charge in [0, 0.05) is 48.9 Å². The molecule has 0 unspecified atom stereocenters. The van der Waals surface area contributed by atoms with Crippen LogP contribution in [-0.2, 0) is 22.6 Å². The van der Waals surface area contributed by atoms with Gasteiger partial charge in [-0.3, -0.25) is 4.68 Å². The van der Waals surface area contributed by atoms with Gasteiger partial charge in [0.2, 0.25) is 5.95 Å². The van der Waals surface area contributed by atoms with Gasteiger partial charge < -0.3 is 10.6 Å². The van der Waals surface area contributed by atoms with E-state index in [1.165, 1.54) is 6.26 Å². The summed E-state index contributed by atoms with van der Waals surface area (Å²) in [7, 11) is 0.691. The van der Waals surface area contributed by atoms with Crippen LogP contribution in [0.4, 0.5) is 17.5 Å². The predicted octanol–water partition coefficient (Wildman–Crippen LogP) is 3.67. The summed E-state index contributed by atoms with van der Waals surface area (Å²) < 4.78 is 24.8. The Morgan fingerprint density at radius 1 is 1.10 bits per heavy atom. The number of hydrogen-bond donors (Lipinski definition) is 2. The molecule has 8 nitrogen and oxygen atoms in total. The maximum absolute atomic E-state index is 11.4. The van der Waals surface area contributed by atoms with E-state index >= 15 is 0 Å². The Kier molecular flexibility index (Phi) is 5.36. The first-order chi connectivity index (χ1) is 14.7. The largest absolute Gasteiger partial charge is 0.372 e. The number of benzene rings is 2. The molecular weight excluding hydrogens is 412 g/mol. The number of hydrogen-bond acceptors (Lipinski definition) is 7. The number of anilines is 3. The second-order valence-electron chi connectivity index (χ2n) is 7.54. The molecule has 0 fully saturated rings. The summed E-state index contributed by atoms with van der Waals surface area (Å²) in [6.07, 6.45) is 3.00. The quantitative estimate of drug-likeness (QED) is 0.475. The van der Waals surface area contributed by atoms with Crippen molar-refractivity contribution < 1.29 is 8.42 Å². The highest BCUT2D eigenvalue weighted by Gasteiger charge is 2.12. The molecule has 0 saturated carbocycles. The lowest BCUT2D eigenvalue weighted by Crippen LogP contribution is -2.03. The number of nitrogens with zero attached hydrogens (tertiary/aromatic N) is 4. The molecule has 31 heavy (non-hydrogen) atoms. The number of fused-ring (bicyclic) bond motifs is 1. The van der Waals surface area contributed by atoms with Gasteiger partial charge in [0.1, 0.15) is 5.82 Å². The van der Waals surface area contributed by atoms with Gasteiger partial charge in [0.25, 0.3) is 0 Å². The maximum atomic E-state index is 11.4. The minimum atomic E-state index is -3.06. The summed E-state index contributed by atoms with van der Waals surface area (Å²) in [6.45, 7) is 2.05. The van der Waals surface area contributed by atoms with Crippen molar-refractivity contribution in [2.24, 2.45) is 7.05 Å². The molecule has 0 spiro atoms. The second kappa shape index (κ2) is 7.99. The molecule has 2 heterocycles. The van der Waals surface area contributed by atoms with Crippen molar-refractivity contribution in [3.63, 3.8) is 0 Å². The zero-order valence-corrected chi connectivity index (χ0v) is 18.7. The maximum Gasteiger partial charge on any atom is 0.229 e. The van der Waals surface area contributed by atoms with E-state index in [1.807, 2.05) is 50.0 Å². The normalized spacial score (nSPS) is 11.6. The smallest absolute Gasteiger partial charge is 0.229 e. The molecule has 160 valence electrons. The molecule has 0 bridgehead atoms. The molecule has 0 aliphatic heterocycles. The molecule has 0 aliphatic carbocycles. The van der Waals surface area contributed by atoms with Gasteiger partial charge in [-0.05, 0) is 36.2 Å². The van der Waals surface area contributed by atoms with E-state index < -0.39 is 9.84 Å². The molecule has 4 rings (SSSR count). The van der Waals surface area contributed by atoms with Crippen LogP contribution in [0.3, 0.4) is 0 Å². The fourth-order valence-corrected chi connectivity index (χ4v) is 4.26. The van der Waals surface area contributed by atoms with Crippen molar-refractivity contribution in [3.05, 3.63) is 59.9 Å². The molecule has 9 heteroatoms. The Morgan fingerprint density at radius 3 is 2.52 bits per heavy atom. The van der Waals surface area contributed by atoms with Gasteiger partial charge in [-0.2, -0.15) is 10.1 Å². The van der Waals surface area contributed by atoms with E-state index in [-0.39, 0.29) is 5.75 Å². The van der Waals surface area contributed by atoms with Crippen LogP contribution in [0.15, 0.2) is 48.7 Å². The summed E-state index contributed by atoms with van der Waals surface area (Å²) in [6, 6.07) is 13.3. The highest BCUT2D eigenvalue weighted by Crippen LogP contribution is 2.30. The van der Waals surface area contributed by atoms with Gasteiger partial charge in [-0.25, -0.2) is 13.4 Å². The number of rotatable bonds is 6. The van der Waals surface area contributed by atoms with Crippen LogP contribution in [0, 0.1) is 6.92 Å². The number of nitrogens with one attached hydrogen (secondary N) is 2. The first-order valence-corrected chi connectivity index (χ1v) is 11.8. The van der Waals surface area contributed by atoms with Crippen LogP contribution in [0.25, 0.3) is 22.0 Å². The van der Waals surface area contributed by atoms with Gasteiger partial charge in [0.15, 0.2) is 9.84 Å².